The van der Waals surface area contributed by atoms with E-state index in [1.165, 1.54) is 0 Å². The van der Waals surface area contributed by atoms with E-state index in [-0.39, 0.29) is 11.2 Å². The van der Waals surface area contributed by atoms with Crippen LogP contribution in [0.5, 0.6) is 0 Å². The van der Waals surface area contributed by atoms with Gasteiger partial charge in [0.2, 0.25) is 10.0 Å². The quantitative estimate of drug-likeness (QED) is 0.745. The van der Waals surface area contributed by atoms with Gasteiger partial charge >= 0.3 is 0 Å². The topological polar surface area (TPSA) is 90.0 Å². The van der Waals surface area contributed by atoms with Crippen LogP contribution in [0.2, 0.25) is 0 Å². The molecule has 3 N–H and O–H groups in total. The largest absolute Gasteiger partial charge is 0.311 e. The zero-order valence-corrected chi connectivity index (χ0v) is 12.2. The monoisotopic (exact) mass is 274 g/mol. The molecule has 1 aromatic heterocycles. The number of nitrogens with zero attached hydrogens (tertiary/aromatic N) is 2. The number of rotatable bonds is 5. The molecule has 0 aromatic carbocycles. The number of nitrogens with two attached hydrogens (primary N) is 1. The van der Waals surface area contributed by atoms with E-state index >= 15 is 0 Å². The average molecular weight is 274 g/mol. The second-order valence-electron chi connectivity index (χ2n) is 5.47. The van der Waals surface area contributed by atoms with E-state index in [1.807, 2.05) is 13.2 Å². The van der Waals surface area contributed by atoms with Crippen molar-refractivity contribution in [1.82, 2.24) is 15.1 Å². The van der Waals surface area contributed by atoms with Crippen LogP contribution >= 0.6 is 0 Å². The summed E-state index contributed by atoms with van der Waals surface area (Å²) in [6.45, 7) is 7.24. The summed E-state index contributed by atoms with van der Waals surface area (Å²) in [6.07, 6.45) is 1.95. The van der Waals surface area contributed by atoms with Gasteiger partial charge in [-0.3, -0.25) is 4.68 Å². The molecule has 1 aromatic rings. The van der Waals surface area contributed by atoms with Gasteiger partial charge in [0.25, 0.3) is 0 Å². The van der Waals surface area contributed by atoms with E-state index in [0.29, 0.717) is 13.1 Å². The maximum Gasteiger partial charge on any atom is 0.210 e. The van der Waals surface area contributed by atoms with Crippen LogP contribution in [0.15, 0.2) is 6.20 Å². The zero-order valence-electron chi connectivity index (χ0n) is 11.4. The molecule has 6 nitrogen and oxygen atoms in total. The molecule has 104 valence electrons. The van der Waals surface area contributed by atoms with Crippen molar-refractivity contribution in [3.8, 4) is 0 Å². The molecule has 0 aliphatic rings. The minimum atomic E-state index is -3.40. The Balaban J connectivity index is 2.63. The Labute approximate surface area is 109 Å². The highest BCUT2D eigenvalue weighted by Crippen LogP contribution is 2.23. The summed E-state index contributed by atoms with van der Waals surface area (Å²) in [4.78, 5) is 0. The molecular formula is C11H22N4O2S. The molecule has 0 aliphatic heterocycles. The first-order valence-electron chi connectivity index (χ1n) is 5.84. The van der Waals surface area contributed by atoms with Gasteiger partial charge in [0.1, 0.15) is 0 Å². The third kappa shape index (κ3) is 4.75. The van der Waals surface area contributed by atoms with Crippen LogP contribution in [0, 0.1) is 0 Å². The van der Waals surface area contributed by atoms with E-state index in [9.17, 15) is 8.42 Å². The van der Waals surface area contributed by atoms with Gasteiger partial charge in [-0.2, -0.15) is 5.10 Å². The van der Waals surface area contributed by atoms with Gasteiger partial charge in [-0.15, -0.1) is 0 Å². The van der Waals surface area contributed by atoms with Crippen molar-refractivity contribution in [2.24, 2.45) is 12.2 Å². The number of aryl methyl sites for hydroxylation is 1. The molecule has 0 bridgehead atoms. The maximum atomic E-state index is 10.8. The lowest BCUT2D eigenvalue weighted by atomic mass is 9.89. The second-order valence-corrected chi connectivity index (χ2v) is 7.20. The number of nitrogens with one attached hydrogen (secondary N) is 1. The van der Waals surface area contributed by atoms with Crippen molar-refractivity contribution in [3.63, 3.8) is 0 Å². The zero-order chi connectivity index (χ0) is 14.0. The number of hydrogen-bond donors (Lipinski definition) is 2. The van der Waals surface area contributed by atoms with Gasteiger partial charge in [0, 0.05) is 37.3 Å². The van der Waals surface area contributed by atoms with Crippen LogP contribution in [0.4, 0.5) is 0 Å². The molecule has 1 rings (SSSR count). The molecule has 0 spiro atoms. The molecule has 0 unspecified atom stereocenters. The summed E-state index contributed by atoms with van der Waals surface area (Å²) in [6, 6.07) is 0. The van der Waals surface area contributed by atoms with Crippen LogP contribution in [0.1, 0.15) is 32.0 Å². The first kappa shape index (κ1) is 15.1. The normalized spacial score (nSPS) is 12.9. The highest BCUT2D eigenvalue weighted by Gasteiger charge is 2.21. The lowest BCUT2D eigenvalue weighted by molar-refractivity contribution is 0.544. The number of aromatic nitrogens is 2. The summed E-state index contributed by atoms with van der Waals surface area (Å²) in [5, 5.41) is 12.4. The maximum absolute atomic E-state index is 10.8. The van der Waals surface area contributed by atoms with Crippen molar-refractivity contribution < 1.29 is 8.42 Å². The summed E-state index contributed by atoms with van der Waals surface area (Å²) in [5.74, 6) is -0.0574. The lowest BCUT2D eigenvalue weighted by Gasteiger charge is -2.17. The van der Waals surface area contributed by atoms with Gasteiger partial charge in [-0.05, 0) is 0 Å². The van der Waals surface area contributed by atoms with Crippen molar-refractivity contribution in [2.75, 3.05) is 12.3 Å². The minimum Gasteiger partial charge on any atom is -0.311 e. The second kappa shape index (κ2) is 5.38. The molecule has 0 atom stereocenters. The van der Waals surface area contributed by atoms with E-state index in [2.05, 4.69) is 31.2 Å². The van der Waals surface area contributed by atoms with Crippen LogP contribution in [-0.2, 0) is 29.0 Å². The Kier molecular flexibility index (Phi) is 4.52. The van der Waals surface area contributed by atoms with Gasteiger partial charge < -0.3 is 5.32 Å². The van der Waals surface area contributed by atoms with Gasteiger partial charge in [-0.1, -0.05) is 20.8 Å². The predicted octanol–water partition coefficient (Wildman–Crippen LogP) is 0.0957. The summed E-state index contributed by atoms with van der Waals surface area (Å²) in [7, 11) is -1.52. The number of sulfonamides is 1. The van der Waals surface area contributed by atoms with Crippen molar-refractivity contribution in [3.05, 3.63) is 17.5 Å². The Morgan fingerprint density at radius 1 is 1.44 bits per heavy atom. The summed E-state index contributed by atoms with van der Waals surface area (Å²) in [5.41, 5.74) is 2.07. The van der Waals surface area contributed by atoms with E-state index < -0.39 is 10.0 Å². The van der Waals surface area contributed by atoms with Crippen molar-refractivity contribution in [1.29, 1.82) is 0 Å². The predicted molar refractivity (Wildman–Crippen MR) is 71.6 cm³/mol. The Morgan fingerprint density at radius 2 is 2.06 bits per heavy atom. The highest BCUT2D eigenvalue weighted by atomic mass is 32.2. The van der Waals surface area contributed by atoms with Crippen LogP contribution in [-0.4, -0.2) is 30.5 Å². The fourth-order valence-electron chi connectivity index (χ4n) is 1.74. The Morgan fingerprint density at radius 3 is 2.56 bits per heavy atom. The smallest absolute Gasteiger partial charge is 0.210 e. The molecule has 1 heterocycles. The van der Waals surface area contributed by atoms with Crippen LogP contribution in [0.3, 0.4) is 0 Å². The minimum absolute atomic E-state index is 0.0295. The molecule has 0 saturated carbocycles. The standard InChI is InChI=1S/C11H22N4O2S/c1-11(2,3)10-9(8-15(4)14-10)7-13-5-6-18(12,16)17/h8,13H,5-7H2,1-4H3,(H2,12,16,17). The molecule has 0 radical (unpaired) electrons. The molecule has 7 heteroatoms. The molecular weight excluding hydrogens is 252 g/mol. The molecule has 0 fully saturated rings. The van der Waals surface area contributed by atoms with E-state index in [1.54, 1.807) is 4.68 Å². The highest BCUT2D eigenvalue weighted by molar-refractivity contribution is 7.89. The van der Waals surface area contributed by atoms with Gasteiger partial charge in [0.05, 0.1) is 11.4 Å². The summed E-state index contributed by atoms with van der Waals surface area (Å²) < 4.78 is 23.4. The molecule has 18 heavy (non-hydrogen) atoms. The first-order valence-corrected chi connectivity index (χ1v) is 7.55. The van der Waals surface area contributed by atoms with E-state index in [4.69, 9.17) is 5.14 Å². The van der Waals surface area contributed by atoms with E-state index in [0.717, 1.165) is 11.3 Å². The Hall–Kier alpha value is -0.920. The van der Waals surface area contributed by atoms with Crippen molar-refractivity contribution >= 4 is 10.0 Å². The molecule has 0 aliphatic carbocycles. The molecule has 0 amide bonds. The fraction of sp³-hybridized carbons (Fsp3) is 0.727. The third-order valence-corrected chi connectivity index (χ3v) is 3.27. The fourth-order valence-corrected chi connectivity index (χ4v) is 2.16. The lowest BCUT2D eigenvalue weighted by Crippen LogP contribution is -2.27. The first-order chi connectivity index (χ1) is 8.09. The number of hydrogen-bond acceptors (Lipinski definition) is 4. The number of primary sulfonamides is 1. The van der Waals surface area contributed by atoms with Gasteiger partial charge in [-0.25, -0.2) is 13.6 Å². The van der Waals surface area contributed by atoms with Crippen LogP contribution < -0.4 is 10.5 Å². The third-order valence-electron chi connectivity index (χ3n) is 2.49. The van der Waals surface area contributed by atoms with Crippen molar-refractivity contribution in [2.45, 2.75) is 32.7 Å². The Bertz CT molecular complexity index is 500. The molecule has 0 saturated heterocycles. The SMILES string of the molecule is Cn1cc(CNCCS(N)(=O)=O)c(C(C)(C)C)n1. The summed E-state index contributed by atoms with van der Waals surface area (Å²) >= 11 is 0. The van der Waals surface area contributed by atoms with Gasteiger partial charge in [0.15, 0.2) is 0 Å². The van der Waals surface area contributed by atoms with Crippen LogP contribution in [0.25, 0.3) is 0 Å². The average Bonchev–Trinajstić information content (AvgIpc) is 2.52.